The van der Waals surface area contributed by atoms with E-state index in [1.807, 2.05) is 34.0 Å². The molecule has 2 amide bonds. The van der Waals surface area contributed by atoms with Crippen molar-refractivity contribution in [3.63, 3.8) is 0 Å². The highest BCUT2D eigenvalue weighted by Gasteiger charge is 2.10. The van der Waals surface area contributed by atoms with Gasteiger partial charge in [0.05, 0.1) is 6.21 Å². The number of aryl methyl sites for hydroxylation is 1. The van der Waals surface area contributed by atoms with Crippen LogP contribution in [0.1, 0.15) is 34.2 Å². The Morgan fingerprint density at radius 2 is 1.65 bits per heavy atom. The van der Waals surface area contributed by atoms with Crippen LogP contribution >= 0.6 is 0 Å². The van der Waals surface area contributed by atoms with Gasteiger partial charge in [-0.2, -0.15) is 5.10 Å². The molecule has 31 heavy (non-hydrogen) atoms. The zero-order valence-electron chi connectivity index (χ0n) is 18.4. The maximum absolute atomic E-state index is 12.3. The van der Waals surface area contributed by atoms with Crippen molar-refractivity contribution in [2.75, 3.05) is 24.3 Å². The minimum Gasteiger partial charge on any atom is -0.378 e. The second-order valence-corrected chi connectivity index (χ2v) is 7.53. The fourth-order valence-electron chi connectivity index (χ4n) is 3.35. The van der Waals surface area contributed by atoms with E-state index < -0.39 is 0 Å². The summed E-state index contributed by atoms with van der Waals surface area (Å²) < 4.78 is 2.16. The van der Waals surface area contributed by atoms with Gasteiger partial charge in [-0.1, -0.05) is 0 Å². The van der Waals surface area contributed by atoms with Crippen molar-refractivity contribution in [2.45, 2.75) is 20.8 Å². The minimum absolute atomic E-state index is 0.159. The number of anilines is 2. The molecule has 0 spiro atoms. The van der Waals surface area contributed by atoms with Crippen LogP contribution < -0.4 is 15.6 Å². The number of nitrogens with one attached hydrogen (secondary N) is 2. The molecule has 0 fully saturated rings. The van der Waals surface area contributed by atoms with Crippen molar-refractivity contribution in [3.8, 4) is 5.69 Å². The van der Waals surface area contributed by atoms with Crippen LogP contribution in [0.25, 0.3) is 5.69 Å². The summed E-state index contributed by atoms with van der Waals surface area (Å²) >= 11 is 0. The summed E-state index contributed by atoms with van der Waals surface area (Å²) in [6, 6.07) is 17.0. The van der Waals surface area contributed by atoms with E-state index in [1.54, 1.807) is 30.5 Å². The van der Waals surface area contributed by atoms with Crippen LogP contribution in [0.4, 0.5) is 11.4 Å². The molecule has 3 aromatic rings. The summed E-state index contributed by atoms with van der Waals surface area (Å²) in [6.07, 6.45) is 1.65. The largest absolute Gasteiger partial charge is 0.378 e. The van der Waals surface area contributed by atoms with Crippen molar-refractivity contribution >= 4 is 29.4 Å². The van der Waals surface area contributed by atoms with Crippen molar-refractivity contribution in [3.05, 3.63) is 77.1 Å². The molecule has 160 valence electrons. The minimum atomic E-state index is -0.321. The van der Waals surface area contributed by atoms with Gasteiger partial charge in [0, 0.05) is 60.6 Å². The van der Waals surface area contributed by atoms with Gasteiger partial charge in [-0.05, 0) is 68.4 Å². The second kappa shape index (κ2) is 9.30. The predicted molar refractivity (Wildman–Crippen MR) is 125 cm³/mol. The second-order valence-electron chi connectivity index (χ2n) is 7.53. The van der Waals surface area contributed by atoms with Crippen LogP contribution in [0, 0.1) is 13.8 Å². The van der Waals surface area contributed by atoms with Crippen LogP contribution in [-0.4, -0.2) is 36.7 Å². The molecule has 0 aliphatic heterocycles. The van der Waals surface area contributed by atoms with Crippen LogP contribution in [0.3, 0.4) is 0 Å². The zero-order chi connectivity index (χ0) is 22.5. The van der Waals surface area contributed by atoms with Crippen molar-refractivity contribution < 1.29 is 9.59 Å². The van der Waals surface area contributed by atoms with Gasteiger partial charge in [0.2, 0.25) is 5.91 Å². The summed E-state index contributed by atoms with van der Waals surface area (Å²) in [5.41, 5.74) is 8.90. The first-order valence-corrected chi connectivity index (χ1v) is 9.94. The van der Waals surface area contributed by atoms with E-state index in [1.165, 1.54) is 6.92 Å². The number of carbonyl (C=O) groups is 2. The Labute approximate surface area is 182 Å². The molecule has 7 heteroatoms. The fourth-order valence-corrected chi connectivity index (χ4v) is 3.35. The normalized spacial score (nSPS) is 10.9. The number of hydrogen-bond donors (Lipinski definition) is 2. The van der Waals surface area contributed by atoms with Crippen molar-refractivity contribution in [2.24, 2.45) is 5.10 Å². The van der Waals surface area contributed by atoms with Crippen molar-refractivity contribution in [1.82, 2.24) is 9.99 Å². The number of hydrazone groups is 1. The number of nitrogens with zero attached hydrogens (tertiary/aromatic N) is 3. The lowest BCUT2D eigenvalue weighted by Crippen LogP contribution is -2.17. The van der Waals surface area contributed by atoms with Gasteiger partial charge in [0.25, 0.3) is 5.91 Å². The summed E-state index contributed by atoms with van der Waals surface area (Å²) in [6.45, 7) is 5.50. The molecule has 2 aromatic carbocycles. The Bertz CT molecular complexity index is 1110. The third-order valence-corrected chi connectivity index (χ3v) is 4.93. The summed E-state index contributed by atoms with van der Waals surface area (Å²) in [5, 5.41) is 6.79. The Morgan fingerprint density at radius 1 is 1.00 bits per heavy atom. The SMILES string of the molecule is CC(=O)Nc1ccc(C(=O)N/N=C/c2cc(C)n(-c3ccc(N(C)C)cc3)c2C)cc1. The van der Waals surface area contributed by atoms with Gasteiger partial charge in [0.1, 0.15) is 0 Å². The molecule has 0 bridgehead atoms. The maximum Gasteiger partial charge on any atom is 0.271 e. The summed E-state index contributed by atoms with van der Waals surface area (Å²) in [4.78, 5) is 25.5. The van der Waals surface area contributed by atoms with Gasteiger partial charge < -0.3 is 14.8 Å². The molecule has 0 atom stereocenters. The lowest BCUT2D eigenvalue weighted by molar-refractivity contribution is -0.114. The maximum atomic E-state index is 12.3. The quantitative estimate of drug-likeness (QED) is 0.472. The molecule has 0 saturated heterocycles. The summed E-state index contributed by atoms with van der Waals surface area (Å²) in [7, 11) is 4.03. The van der Waals surface area contributed by atoms with Crippen LogP contribution in [0.5, 0.6) is 0 Å². The molecule has 3 rings (SSSR count). The van der Waals surface area contributed by atoms with E-state index in [0.29, 0.717) is 11.3 Å². The molecular weight excluding hydrogens is 390 g/mol. The molecule has 0 saturated carbocycles. The fraction of sp³-hybridized carbons (Fsp3) is 0.208. The van der Waals surface area contributed by atoms with Crippen LogP contribution in [0.15, 0.2) is 59.7 Å². The van der Waals surface area contributed by atoms with Gasteiger partial charge in [-0.25, -0.2) is 5.43 Å². The molecular formula is C24H27N5O2. The molecule has 0 unspecified atom stereocenters. The molecule has 1 heterocycles. The van der Waals surface area contributed by atoms with Gasteiger partial charge in [-0.15, -0.1) is 0 Å². The Balaban J connectivity index is 1.71. The average Bonchev–Trinajstić information content (AvgIpc) is 3.01. The molecule has 0 radical (unpaired) electrons. The topological polar surface area (TPSA) is 78.7 Å². The van der Waals surface area contributed by atoms with Gasteiger partial charge >= 0.3 is 0 Å². The standard InChI is InChI=1S/C24H27N5O2/c1-16-14-20(17(2)29(16)23-12-10-22(11-13-23)28(4)5)15-25-27-24(31)19-6-8-21(9-7-19)26-18(3)30/h6-15H,1-5H3,(H,26,30)(H,27,31)/b25-15+. The highest BCUT2D eigenvalue weighted by Crippen LogP contribution is 2.22. The number of benzene rings is 2. The smallest absolute Gasteiger partial charge is 0.271 e. The number of rotatable bonds is 6. The van der Waals surface area contributed by atoms with E-state index in [9.17, 15) is 9.59 Å². The monoisotopic (exact) mass is 417 g/mol. The van der Waals surface area contributed by atoms with E-state index in [-0.39, 0.29) is 11.8 Å². The van der Waals surface area contributed by atoms with Gasteiger partial charge in [-0.3, -0.25) is 9.59 Å². The lowest BCUT2D eigenvalue weighted by Gasteiger charge is -2.14. The third-order valence-electron chi connectivity index (χ3n) is 4.93. The predicted octanol–water partition coefficient (Wildman–Crippen LogP) is 3.88. The van der Waals surface area contributed by atoms with Crippen LogP contribution in [0.2, 0.25) is 0 Å². The highest BCUT2D eigenvalue weighted by molar-refractivity contribution is 5.96. The van der Waals surface area contributed by atoms with Crippen molar-refractivity contribution in [1.29, 1.82) is 0 Å². The number of carbonyl (C=O) groups excluding carboxylic acids is 2. The molecule has 0 aliphatic carbocycles. The first-order chi connectivity index (χ1) is 14.8. The number of aromatic nitrogens is 1. The molecule has 7 nitrogen and oxygen atoms in total. The number of amides is 2. The Kier molecular flexibility index (Phi) is 6.55. The number of hydrogen-bond acceptors (Lipinski definition) is 4. The Morgan fingerprint density at radius 3 is 2.23 bits per heavy atom. The molecule has 1 aromatic heterocycles. The van der Waals surface area contributed by atoms with E-state index in [0.717, 1.165) is 28.3 Å². The third kappa shape index (κ3) is 5.19. The molecule has 0 aliphatic rings. The van der Waals surface area contributed by atoms with E-state index in [2.05, 4.69) is 49.6 Å². The summed E-state index contributed by atoms with van der Waals surface area (Å²) in [5.74, 6) is -0.480. The van der Waals surface area contributed by atoms with E-state index in [4.69, 9.17) is 0 Å². The average molecular weight is 418 g/mol. The first-order valence-electron chi connectivity index (χ1n) is 9.94. The van der Waals surface area contributed by atoms with Gasteiger partial charge in [0.15, 0.2) is 0 Å². The van der Waals surface area contributed by atoms with E-state index >= 15 is 0 Å². The highest BCUT2D eigenvalue weighted by atomic mass is 16.2. The Hall–Kier alpha value is -3.87. The molecule has 2 N–H and O–H groups in total. The first kappa shape index (κ1) is 21.8. The zero-order valence-corrected chi connectivity index (χ0v) is 18.4. The lowest BCUT2D eigenvalue weighted by atomic mass is 10.2. The van der Waals surface area contributed by atoms with Crippen LogP contribution in [-0.2, 0) is 4.79 Å².